The van der Waals surface area contributed by atoms with Crippen LogP contribution in [0.1, 0.15) is 12.0 Å². The molecule has 1 N–H and O–H groups in total. The highest BCUT2D eigenvalue weighted by atomic mass is 16.5. The Morgan fingerprint density at radius 3 is 2.88 bits per heavy atom. The second-order valence-corrected chi connectivity index (χ2v) is 6.34. The Balaban J connectivity index is 1.45. The first-order valence-electron chi connectivity index (χ1n) is 8.09. The standard InChI is InChI=1S/C17H19N5O2/c1-11-6-19-17(20-7-11)22-9-13-5-14(15(10-22)24-13)16(23)21-12-3-2-4-18-8-12/h2-4,6-8,13-15H,5,9-10H2,1H3,(H,21,23)/t13-,14-,15-/m1/s1. The van der Waals surface area contributed by atoms with Crippen LogP contribution in [0.25, 0.3) is 0 Å². The number of pyridine rings is 1. The summed E-state index contributed by atoms with van der Waals surface area (Å²) in [4.78, 5) is 27.5. The van der Waals surface area contributed by atoms with E-state index >= 15 is 0 Å². The third kappa shape index (κ3) is 2.94. The summed E-state index contributed by atoms with van der Waals surface area (Å²) in [5.41, 5.74) is 1.74. The van der Waals surface area contributed by atoms with Crippen LogP contribution in [0.15, 0.2) is 36.9 Å². The lowest BCUT2D eigenvalue weighted by Gasteiger charge is -2.32. The lowest BCUT2D eigenvalue weighted by atomic mass is 9.99. The first-order valence-corrected chi connectivity index (χ1v) is 8.09. The fourth-order valence-corrected chi connectivity index (χ4v) is 3.32. The van der Waals surface area contributed by atoms with Crippen LogP contribution in [-0.4, -0.2) is 46.2 Å². The van der Waals surface area contributed by atoms with Gasteiger partial charge in [-0.05, 0) is 31.0 Å². The number of morpholine rings is 1. The second-order valence-electron chi connectivity index (χ2n) is 6.34. The summed E-state index contributed by atoms with van der Waals surface area (Å²) in [7, 11) is 0. The van der Waals surface area contributed by atoms with Crippen LogP contribution in [0, 0.1) is 12.8 Å². The van der Waals surface area contributed by atoms with E-state index < -0.39 is 0 Å². The van der Waals surface area contributed by atoms with Gasteiger partial charge in [0, 0.05) is 31.7 Å². The fourth-order valence-electron chi connectivity index (χ4n) is 3.32. The molecule has 0 saturated carbocycles. The lowest BCUT2D eigenvalue weighted by molar-refractivity contribution is -0.121. The summed E-state index contributed by atoms with van der Waals surface area (Å²) in [5, 5.41) is 2.93. The summed E-state index contributed by atoms with van der Waals surface area (Å²) >= 11 is 0. The fraction of sp³-hybridized carbons (Fsp3) is 0.412. The molecule has 0 radical (unpaired) electrons. The van der Waals surface area contributed by atoms with Crippen molar-refractivity contribution in [3.8, 4) is 0 Å². The van der Waals surface area contributed by atoms with Gasteiger partial charge in [-0.25, -0.2) is 9.97 Å². The highest BCUT2D eigenvalue weighted by molar-refractivity contribution is 5.93. The van der Waals surface area contributed by atoms with E-state index in [0.29, 0.717) is 18.2 Å². The van der Waals surface area contributed by atoms with Crippen molar-refractivity contribution in [3.63, 3.8) is 0 Å². The molecule has 4 rings (SSSR count). The molecule has 0 unspecified atom stereocenters. The predicted octanol–water partition coefficient (Wildman–Crippen LogP) is 1.41. The number of carbonyl (C=O) groups is 1. The third-order valence-electron chi connectivity index (χ3n) is 4.47. The maximum absolute atomic E-state index is 12.6. The van der Waals surface area contributed by atoms with Crippen molar-refractivity contribution in [1.29, 1.82) is 0 Å². The zero-order chi connectivity index (χ0) is 16.5. The van der Waals surface area contributed by atoms with Gasteiger partial charge in [0.05, 0.1) is 30.0 Å². The lowest BCUT2D eigenvalue weighted by Crippen LogP contribution is -2.45. The van der Waals surface area contributed by atoms with Crippen molar-refractivity contribution < 1.29 is 9.53 Å². The van der Waals surface area contributed by atoms with Gasteiger partial charge < -0.3 is 15.0 Å². The number of fused-ring (bicyclic) bond motifs is 2. The number of carbonyl (C=O) groups excluding carboxylic acids is 1. The summed E-state index contributed by atoms with van der Waals surface area (Å²) in [6, 6.07) is 3.63. The molecule has 7 nitrogen and oxygen atoms in total. The van der Waals surface area contributed by atoms with Crippen molar-refractivity contribution in [2.45, 2.75) is 25.6 Å². The van der Waals surface area contributed by atoms with Crippen molar-refractivity contribution in [1.82, 2.24) is 15.0 Å². The largest absolute Gasteiger partial charge is 0.370 e. The number of amides is 1. The molecule has 0 aromatic carbocycles. The molecule has 2 aliphatic rings. The Labute approximate surface area is 140 Å². The van der Waals surface area contributed by atoms with E-state index in [1.807, 2.05) is 25.4 Å². The molecule has 4 heterocycles. The molecule has 3 atom stereocenters. The average molecular weight is 325 g/mol. The van der Waals surface area contributed by atoms with E-state index in [1.165, 1.54) is 0 Å². The Kier molecular flexibility index (Phi) is 3.86. The van der Waals surface area contributed by atoms with E-state index in [0.717, 1.165) is 18.5 Å². The van der Waals surface area contributed by atoms with Crippen molar-refractivity contribution in [2.75, 3.05) is 23.3 Å². The van der Waals surface area contributed by atoms with Crippen LogP contribution in [0.5, 0.6) is 0 Å². The number of hydrogen-bond acceptors (Lipinski definition) is 6. The van der Waals surface area contributed by atoms with Gasteiger partial charge in [-0.3, -0.25) is 9.78 Å². The van der Waals surface area contributed by atoms with Gasteiger partial charge >= 0.3 is 0 Å². The van der Waals surface area contributed by atoms with Crippen LogP contribution < -0.4 is 10.2 Å². The minimum Gasteiger partial charge on any atom is -0.370 e. The molecule has 2 aromatic heterocycles. The molecule has 2 fully saturated rings. The summed E-state index contributed by atoms with van der Waals surface area (Å²) in [5.74, 6) is 0.528. The SMILES string of the molecule is Cc1cnc(N2C[C@H]3C[C@@H](C(=O)Nc4cccnc4)[C@@H](C2)O3)nc1. The molecule has 24 heavy (non-hydrogen) atoms. The number of hydrogen-bond donors (Lipinski definition) is 1. The van der Waals surface area contributed by atoms with Crippen LogP contribution >= 0.6 is 0 Å². The topological polar surface area (TPSA) is 80.2 Å². The number of ether oxygens (including phenoxy) is 1. The number of aryl methyl sites for hydroxylation is 1. The maximum atomic E-state index is 12.6. The molecule has 7 heteroatoms. The molecule has 0 spiro atoms. The zero-order valence-electron chi connectivity index (χ0n) is 13.4. The summed E-state index contributed by atoms with van der Waals surface area (Å²) < 4.78 is 5.97. The Hall–Kier alpha value is -2.54. The summed E-state index contributed by atoms with van der Waals surface area (Å²) in [6.45, 7) is 3.31. The molecule has 2 saturated heterocycles. The number of aromatic nitrogens is 3. The first-order chi connectivity index (χ1) is 11.7. The van der Waals surface area contributed by atoms with E-state index in [-0.39, 0.29) is 24.0 Å². The first kappa shape index (κ1) is 15.0. The van der Waals surface area contributed by atoms with Crippen molar-refractivity contribution >= 4 is 17.5 Å². The number of nitrogens with zero attached hydrogens (tertiary/aromatic N) is 4. The molecule has 1 amide bonds. The normalized spacial score (nSPS) is 25.5. The maximum Gasteiger partial charge on any atom is 0.230 e. The van der Waals surface area contributed by atoms with E-state index in [2.05, 4.69) is 25.2 Å². The van der Waals surface area contributed by atoms with Gasteiger partial charge in [0.25, 0.3) is 0 Å². The smallest absolute Gasteiger partial charge is 0.230 e. The van der Waals surface area contributed by atoms with E-state index in [9.17, 15) is 4.79 Å². The Morgan fingerprint density at radius 2 is 2.12 bits per heavy atom. The van der Waals surface area contributed by atoms with Crippen molar-refractivity contribution in [2.24, 2.45) is 5.92 Å². The van der Waals surface area contributed by atoms with Crippen LogP contribution in [0.4, 0.5) is 11.6 Å². The minimum absolute atomic E-state index is 0.0119. The molecule has 2 aromatic rings. The molecule has 124 valence electrons. The van der Waals surface area contributed by atoms with E-state index in [1.54, 1.807) is 18.5 Å². The van der Waals surface area contributed by atoms with Gasteiger partial charge in [0.2, 0.25) is 11.9 Å². The van der Waals surface area contributed by atoms with Gasteiger partial charge in [-0.2, -0.15) is 0 Å². The Morgan fingerprint density at radius 1 is 1.29 bits per heavy atom. The highest BCUT2D eigenvalue weighted by Crippen LogP contribution is 2.33. The molecular weight excluding hydrogens is 306 g/mol. The molecule has 2 bridgehead atoms. The van der Waals surface area contributed by atoms with Gasteiger partial charge in [-0.1, -0.05) is 0 Å². The van der Waals surface area contributed by atoms with Gasteiger partial charge in [0.1, 0.15) is 0 Å². The highest BCUT2D eigenvalue weighted by Gasteiger charge is 2.45. The minimum atomic E-state index is -0.161. The molecule has 0 aliphatic carbocycles. The number of anilines is 2. The van der Waals surface area contributed by atoms with Crippen molar-refractivity contribution in [3.05, 3.63) is 42.5 Å². The monoisotopic (exact) mass is 325 g/mol. The van der Waals surface area contributed by atoms with Gasteiger partial charge in [-0.15, -0.1) is 0 Å². The third-order valence-corrected chi connectivity index (χ3v) is 4.47. The van der Waals surface area contributed by atoms with E-state index in [4.69, 9.17) is 4.74 Å². The summed E-state index contributed by atoms with van der Waals surface area (Å²) in [6.07, 6.45) is 7.58. The average Bonchev–Trinajstić information content (AvgIpc) is 2.90. The predicted molar refractivity (Wildman–Crippen MR) is 88.6 cm³/mol. The quantitative estimate of drug-likeness (QED) is 0.919. The van der Waals surface area contributed by atoms with Crippen LogP contribution in [0.3, 0.4) is 0 Å². The number of nitrogens with one attached hydrogen (secondary N) is 1. The second kappa shape index (κ2) is 6.16. The molecule has 2 aliphatic heterocycles. The number of rotatable bonds is 3. The van der Waals surface area contributed by atoms with Crippen LogP contribution in [0.2, 0.25) is 0 Å². The zero-order valence-corrected chi connectivity index (χ0v) is 13.4. The Bertz CT molecular complexity index is 722. The van der Waals surface area contributed by atoms with Crippen LogP contribution in [-0.2, 0) is 9.53 Å². The molecular formula is C17H19N5O2. The van der Waals surface area contributed by atoms with Gasteiger partial charge in [0.15, 0.2) is 0 Å².